The van der Waals surface area contributed by atoms with Gasteiger partial charge in [0, 0.05) is 10.0 Å². The predicted molar refractivity (Wildman–Crippen MR) is 110 cm³/mol. The molecular formula is C17H13BrCl2N4OS. The summed E-state index contributed by atoms with van der Waals surface area (Å²) in [4.78, 5) is 16.8. The van der Waals surface area contributed by atoms with E-state index in [9.17, 15) is 4.79 Å². The molecule has 26 heavy (non-hydrogen) atoms. The zero-order valence-corrected chi connectivity index (χ0v) is 17.4. The van der Waals surface area contributed by atoms with Crippen molar-refractivity contribution in [1.29, 1.82) is 0 Å². The second-order valence-electron chi connectivity index (χ2n) is 5.30. The van der Waals surface area contributed by atoms with Gasteiger partial charge in [-0.3, -0.25) is 9.89 Å². The first-order valence-corrected chi connectivity index (χ1v) is 9.97. The number of H-pyrrole nitrogens is 1. The van der Waals surface area contributed by atoms with Crippen molar-refractivity contribution in [2.45, 2.75) is 17.3 Å². The molecule has 0 aliphatic carbocycles. The van der Waals surface area contributed by atoms with Crippen molar-refractivity contribution >= 4 is 62.5 Å². The quantitative estimate of drug-likeness (QED) is 0.471. The normalized spacial score (nSPS) is 12.0. The van der Waals surface area contributed by atoms with Crippen LogP contribution in [-0.4, -0.2) is 26.3 Å². The molecule has 0 aliphatic heterocycles. The molecule has 1 aromatic heterocycles. The number of carbonyl (C=O) groups is 1. The summed E-state index contributed by atoms with van der Waals surface area (Å²) in [5, 5.41) is 10.6. The number of carbonyl (C=O) groups excluding carboxylic acids is 1. The van der Waals surface area contributed by atoms with E-state index in [-0.39, 0.29) is 5.91 Å². The van der Waals surface area contributed by atoms with Crippen molar-refractivity contribution in [2.24, 2.45) is 0 Å². The molecule has 0 saturated heterocycles. The van der Waals surface area contributed by atoms with Gasteiger partial charge in [-0.15, -0.1) is 5.10 Å². The zero-order chi connectivity index (χ0) is 18.7. The summed E-state index contributed by atoms with van der Waals surface area (Å²) >= 11 is 16.8. The standard InChI is InChI=1S/C17H13BrCl2N4OS/c1-9(16(25)21-13-8-4-7-12(19)14(13)20)26-17-22-15(23-24-17)10-5-2-3-6-11(10)18/h2-9H,1H3,(H,21,25)(H,22,23,24). The van der Waals surface area contributed by atoms with Gasteiger partial charge in [-0.05, 0) is 25.1 Å². The predicted octanol–water partition coefficient (Wildman–Crippen LogP) is 5.66. The third-order valence-electron chi connectivity index (χ3n) is 3.45. The highest BCUT2D eigenvalue weighted by molar-refractivity contribution is 9.10. The summed E-state index contributed by atoms with van der Waals surface area (Å²) in [6.45, 7) is 1.77. The molecule has 1 amide bonds. The zero-order valence-electron chi connectivity index (χ0n) is 13.5. The van der Waals surface area contributed by atoms with Crippen LogP contribution in [0.1, 0.15) is 6.92 Å². The SMILES string of the molecule is CC(Sc1n[nH]c(-c2ccccc2Br)n1)C(=O)Nc1cccc(Cl)c1Cl. The van der Waals surface area contributed by atoms with Crippen molar-refractivity contribution < 1.29 is 4.79 Å². The van der Waals surface area contributed by atoms with Gasteiger partial charge < -0.3 is 5.32 Å². The Morgan fingerprint density at radius 2 is 2.00 bits per heavy atom. The van der Waals surface area contributed by atoms with E-state index in [0.717, 1.165) is 10.0 Å². The third-order valence-corrected chi connectivity index (χ3v) is 5.93. The minimum atomic E-state index is -0.423. The summed E-state index contributed by atoms with van der Waals surface area (Å²) in [6, 6.07) is 12.8. The lowest BCUT2D eigenvalue weighted by Gasteiger charge is -2.11. The summed E-state index contributed by atoms with van der Waals surface area (Å²) in [5.41, 5.74) is 1.37. The maximum Gasteiger partial charge on any atom is 0.237 e. The van der Waals surface area contributed by atoms with Crippen molar-refractivity contribution in [1.82, 2.24) is 15.2 Å². The smallest absolute Gasteiger partial charge is 0.237 e. The van der Waals surface area contributed by atoms with E-state index in [0.29, 0.717) is 26.7 Å². The molecule has 0 fully saturated rings. The summed E-state index contributed by atoms with van der Waals surface area (Å²) < 4.78 is 0.911. The number of anilines is 1. The monoisotopic (exact) mass is 470 g/mol. The van der Waals surface area contributed by atoms with E-state index in [4.69, 9.17) is 23.2 Å². The van der Waals surface area contributed by atoms with Crippen LogP contribution in [0.25, 0.3) is 11.4 Å². The molecule has 5 nitrogen and oxygen atoms in total. The number of hydrogen-bond acceptors (Lipinski definition) is 4. The molecule has 0 radical (unpaired) electrons. The molecule has 0 saturated carbocycles. The topological polar surface area (TPSA) is 70.7 Å². The number of aromatic amines is 1. The maximum absolute atomic E-state index is 12.4. The van der Waals surface area contributed by atoms with Gasteiger partial charge in [0.15, 0.2) is 5.82 Å². The Morgan fingerprint density at radius 1 is 1.23 bits per heavy atom. The summed E-state index contributed by atoms with van der Waals surface area (Å²) in [6.07, 6.45) is 0. The van der Waals surface area contributed by atoms with Gasteiger partial charge in [0.1, 0.15) is 0 Å². The Labute approximate surface area is 173 Å². The van der Waals surface area contributed by atoms with Crippen LogP contribution in [0.4, 0.5) is 5.69 Å². The van der Waals surface area contributed by atoms with E-state index in [1.165, 1.54) is 11.8 Å². The fraction of sp³-hybridized carbons (Fsp3) is 0.118. The van der Waals surface area contributed by atoms with Gasteiger partial charge in [-0.2, -0.15) is 0 Å². The van der Waals surface area contributed by atoms with Crippen LogP contribution in [0, 0.1) is 0 Å². The molecule has 0 aliphatic rings. The van der Waals surface area contributed by atoms with Gasteiger partial charge >= 0.3 is 0 Å². The number of benzene rings is 2. The number of hydrogen-bond donors (Lipinski definition) is 2. The van der Waals surface area contributed by atoms with Crippen molar-refractivity contribution in [3.8, 4) is 11.4 Å². The molecule has 134 valence electrons. The minimum Gasteiger partial charge on any atom is -0.324 e. The molecular weight excluding hydrogens is 459 g/mol. The van der Waals surface area contributed by atoms with E-state index < -0.39 is 5.25 Å². The van der Waals surface area contributed by atoms with Crippen molar-refractivity contribution in [3.63, 3.8) is 0 Å². The second kappa shape index (κ2) is 8.43. The van der Waals surface area contributed by atoms with Gasteiger partial charge in [0.05, 0.1) is 21.0 Å². The van der Waals surface area contributed by atoms with E-state index in [2.05, 4.69) is 36.4 Å². The number of halogens is 3. The number of rotatable bonds is 5. The molecule has 2 N–H and O–H groups in total. The number of thioether (sulfide) groups is 1. The highest BCUT2D eigenvalue weighted by Crippen LogP contribution is 2.31. The highest BCUT2D eigenvalue weighted by Gasteiger charge is 2.19. The van der Waals surface area contributed by atoms with Crippen LogP contribution in [0.3, 0.4) is 0 Å². The van der Waals surface area contributed by atoms with Crippen molar-refractivity contribution in [2.75, 3.05) is 5.32 Å². The first-order chi connectivity index (χ1) is 12.5. The number of amides is 1. The summed E-state index contributed by atoms with van der Waals surface area (Å²) in [7, 11) is 0. The lowest BCUT2D eigenvalue weighted by Crippen LogP contribution is -2.22. The Hall–Kier alpha value is -1.54. The largest absolute Gasteiger partial charge is 0.324 e. The molecule has 3 rings (SSSR count). The number of nitrogens with zero attached hydrogens (tertiary/aromatic N) is 2. The minimum absolute atomic E-state index is 0.216. The van der Waals surface area contributed by atoms with Crippen LogP contribution in [0.15, 0.2) is 52.1 Å². The average molecular weight is 472 g/mol. The molecule has 9 heteroatoms. The third kappa shape index (κ3) is 4.40. The van der Waals surface area contributed by atoms with Crippen LogP contribution in [0.5, 0.6) is 0 Å². The lowest BCUT2D eigenvalue weighted by atomic mass is 10.2. The Bertz CT molecular complexity index is 950. The Morgan fingerprint density at radius 3 is 2.77 bits per heavy atom. The van der Waals surface area contributed by atoms with Crippen LogP contribution in [0.2, 0.25) is 10.0 Å². The molecule has 2 aromatic carbocycles. The average Bonchev–Trinajstić information content (AvgIpc) is 3.07. The van der Waals surface area contributed by atoms with Gasteiger partial charge in [0.25, 0.3) is 0 Å². The molecule has 0 spiro atoms. The summed E-state index contributed by atoms with van der Waals surface area (Å²) in [5.74, 6) is 0.414. The number of aromatic nitrogens is 3. The van der Waals surface area contributed by atoms with Crippen LogP contribution < -0.4 is 5.32 Å². The van der Waals surface area contributed by atoms with Gasteiger partial charge in [-0.25, -0.2) is 4.98 Å². The fourth-order valence-corrected chi connectivity index (χ4v) is 3.66. The Balaban J connectivity index is 1.68. The lowest BCUT2D eigenvalue weighted by molar-refractivity contribution is -0.115. The van der Waals surface area contributed by atoms with E-state index in [1.807, 2.05) is 24.3 Å². The van der Waals surface area contributed by atoms with Gasteiger partial charge in [-0.1, -0.05) is 75.2 Å². The fourth-order valence-electron chi connectivity index (χ4n) is 2.12. The molecule has 1 atom stereocenters. The molecule has 3 aromatic rings. The Kier molecular flexibility index (Phi) is 6.24. The second-order valence-corrected chi connectivity index (χ2v) is 8.24. The van der Waals surface area contributed by atoms with Crippen LogP contribution in [-0.2, 0) is 4.79 Å². The highest BCUT2D eigenvalue weighted by atomic mass is 79.9. The van der Waals surface area contributed by atoms with Gasteiger partial charge in [0.2, 0.25) is 11.1 Å². The number of nitrogens with one attached hydrogen (secondary N) is 2. The molecule has 1 heterocycles. The first kappa shape index (κ1) is 19.2. The molecule has 1 unspecified atom stereocenters. The van der Waals surface area contributed by atoms with E-state index in [1.54, 1.807) is 25.1 Å². The van der Waals surface area contributed by atoms with E-state index >= 15 is 0 Å². The maximum atomic E-state index is 12.4. The van der Waals surface area contributed by atoms with Crippen LogP contribution >= 0.6 is 50.9 Å². The first-order valence-electron chi connectivity index (χ1n) is 7.54. The van der Waals surface area contributed by atoms with Crippen molar-refractivity contribution in [3.05, 3.63) is 57.0 Å². The molecule has 0 bridgehead atoms.